The van der Waals surface area contributed by atoms with Crippen molar-refractivity contribution >= 4 is 27.4 Å². The van der Waals surface area contributed by atoms with Gasteiger partial charge in [-0.1, -0.05) is 61.0 Å². The number of urea groups is 1. The Labute approximate surface area is 171 Å². The van der Waals surface area contributed by atoms with Gasteiger partial charge in [-0.3, -0.25) is 4.90 Å². The summed E-state index contributed by atoms with van der Waals surface area (Å²) >= 11 is 0. The molecule has 29 heavy (non-hydrogen) atoms. The maximum atomic E-state index is 13.5. The van der Waals surface area contributed by atoms with Crippen LogP contribution in [-0.2, 0) is 23.0 Å². The minimum absolute atomic E-state index is 0.133. The van der Waals surface area contributed by atoms with Gasteiger partial charge in [-0.15, -0.1) is 0 Å². The Morgan fingerprint density at radius 2 is 1.59 bits per heavy atom. The summed E-state index contributed by atoms with van der Waals surface area (Å²) in [4.78, 5) is 15.1. The number of sulfonamides is 1. The predicted octanol–water partition coefficient (Wildman–Crippen LogP) is 4.89. The van der Waals surface area contributed by atoms with Gasteiger partial charge in [0.1, 0.15) is 4.90 Å². The summed E-state index contributed by atoms with van der Waals surface area (Å²) < 4.78 is 27.6. The molecule has 0 saturated heterocycles. The Morgan fingerprint density at radius 1 is 0.862 bits per heavy atom. The van der Waals surface area contributed by atoms with Crippen LogP contribution in [0.25, 0.3) is 0 Å². The van der Waals surface area contributed by atoms with Crippen molar-refractivity contribution in [3.8, 4) is 0 Å². The van der Waals surface area contributed by atoms with Gasteiger partial charge < -0.3 is 0 Å². The highest BCUT2D eigenvalue weighted by atomic mass is 32.2. The molecule has 0 radical (unpaired) electrons. The topological polar surface area (TPSA) is 57.7 Å². The Morgan fingerprint density at radius 3 is 2.34 bits per heavy atom. The summed E-state index contributed by atoms with van der Waals surface area (Å²) in [6, 6.07) is 21.1. The number of carbonyl (C=O) groups excluding carboxylic acids is 1. The van der Waals surface area contributed by atoms with E-state index in [2.05, 4.69) is 0 Å². The Balaban J connectivity index is 1.87. The van der Waals surface area contributed by atoms with E-state index in [0.717, 1.165) is 27.4 Å². The zero-order valence-electron chi connectivity index (χ0n) is 16.4. The van der Waals surface area contributed by atoms with E-state index in [-0.39, 0.29) is 11.4 Å². The standard InChI is InChI=1S/C23H22N2O3S/c1-3-18-9-7-11-20(15-18)25-23(26)24(16-19-10-6-8-17(2)14-19)21-12-4-5-13-22(21)29(25,27)28/h4-15H,3,16H2,1-2H3. The zero-order valence-corrected chi connectivity index (χ0v) is 17.2. The molecule has 3 aromatic rings. The summed E-state index contributed by atoms with van der Waals surface area (Å²) in [6.45, 7) is 4.27. The molecular formula is C23H22N2O3S. The monoisotopic (exact) mass is 406 g/mol. The van der Waals surface area contributed by atoms with Gasteiger partial charge in [0.25, 0.3) is 10.0 Å². The number of anilines is 2. The first-order valence-corrected chi connectivity index (χ1v) is 11.0. The Bertz CT molecular complexity index is 1190. The van der Waals surface area contributed by atoms with Crippen molar-refractivity contribution in [3.05, 3.63) is 89.5 Å². The van der Waals surface area contributed by atoms with E-state index < -0.39 is 16.1 Å². The van der Waals surface area contributed by atoms with Crippen LogP contribution in [0.5, 0.6) is 0 Å². The van der Waals surface area contributed by atoms with E-state index in [1.165, 1.54) is 4.90 Å². The minimum Gasteiger partial charge on any atom is -0.287 e. The summed E-state index contributed by atoms with van der Waals surface area (Å²) in [5.74, 6) is 0. The van der Waals surface area contributed by atoms with Crippen LogP contribution in [0.2, 0.25) is 0 Å². The molecule has 0 atom stereocenters. The van der Waals surface area contributed by atoms with E-state index in [0.29, 0.717) is 11.4 Å². The van der Waals surface area contributed by atoms with Crippen LogP contribution < -0.4 is 9.21 Å². The highest BCUT2D eigenvalue weighted by molar-refractivity contribution is 7.94. The first kappa shape index (κ1) is 19.2. The highest BCUT2D eigenvalue weighted by Crippen LogP contribution is 2.38. The second kappa shape index (κ2) is 7.37. The molecule has 0 saturated carbocycles. The van der Waals surface area contributed by atoms with Gasteiger partial charge in [0.15, 0.2) is 0 Å². The molecule has 0 bridgehead atoms. The van der Waals surface area contributed by atoms with Gasteiger partial charge in [-0.25, -0.2) is 13.2 Å². The Kier molecular flexibility index (Phi) is 4.88. The van der Waals surface area contributed by atoms with Gasteiger partial charge >= 0.3 is 6.03 Å². The molecule has 1 heterocycles. The van der Waals surface area contributed by atoms with Gasteiger partial charge in [-0.2, -0.15) is 4.31 Å². The number of aryl methyl sites for hydroxylation is 2. The van der Waals surface area contributed by atoms with Crippen molar-refractivity contribution < 1.29 is 13.2 Å². The average Bonchev–Trinajstić information content (AvgIpc) is 2.71. The van der Waals surface area contributed by atoms with Crippen molar-refractivity contribution in [2.75, 3.05) is 9.21 Å². The fraction of sp³-hybridized carbons (Fsp3) is 0.174. The molecule has 0 aromatic heterocycles. The van der Waals surface area contributed by atoms with Crippen molar-refractivity contribution in [2.45, 2.75) is 31.7 Å². The second-order valence-corrected chi connectivity index (χ2v) is 8.87. The fourth-order valence-electron chi connectivity index (χ4n) is 3.61. The number of hydrogen-bond donors (Lipinski definition) is 0. The number of fused-ring (bicyclic) bond motifs is 1. The number of amides is 2. The van der Waals surface area contributed by atoms with E-state index >= 15 is 0 Å². The molecule has 1 aliphatic rings. The molecule has 6 heteroatoms. The third kappa shape index (κ3) is 3.40. The summed E-state index contributed by atoms with van der Waals surface area (Å²) in [6.07, 6.45) is 0.750. The average molecular weight is 407 g/mol. The van der Waals surface area contributed by atoms with E-state index in [1.54, 1.807) is 42.5 Å². The summed E-state index contributed by atoms with van der Waals surface area (Å²) in [5, 5.41) is 0. The predicted molar refractivity (Wildman–Crippen MR) is 115 cm³/mol. The molecule has 148 valence electrons. The quantitative estimate of drug-likeness (QED) is 0.620. The van der Waals surface area contributed by atoms with Crippen molar-refractivity contribution in [1.29, 1.82) is 0 Å². The van der Waals surface area contributed by atoms with Gasteiger partial charge in [0.05, 0.1) is 17.9 Å². The van der Waals surface area contributed by atoms with Crippen LogP contribution in [0.15, 0.2) is 77.7 Å². The molecule has 3 aromatic carbocycles. The maximum absolute atomic E-state index is 13.5. The lowest BCUT2D eigenvalue weighted by molar-refractivity contribution is 0.253. The largest absolute Gasteiger partial charge is 0.343 e. The third-order valence-electron chi connectivity index (χ3n) is 5.06. The molecule has 4 rings (SSSR count). The lowest BCUT2D eigenvalue weighted by atomic mass is 10.1. The lowest BCUT2D eigenvalue weighted by Gasteiger charge is -2.36. The van der Waals surface area contributed by atoms with E-state index in [9.17, 15) is 13.2 Å². The molecule has 0 N–H and O–H groups in total. The van der Waals surface area contributed by atoms with Crippen molar-refractivity contribution in [3.63, 3.8) is 0 Å². The third-order valence-corrected chi connectivity index (χ3v) is 6.80. The number of hydrogen-bond acceptors (Lipinski definition) is 3. The normalized spacial score (nSPS) is 15.3. The first-order chi connectivity index (χ1) is 13.9. The molecule has 0 aliphatic carbocycles. The maximum Gasteiger partial charge on any atom is 0.343 e. The van der Waals surface area contributed by atoms with Crippen molar-refractivity contribution in [1.82, 2.24) is 0 Å². The number of para-hydroxylation sites is 1. The van der Waals surface area contributed by atoms with Crippen LogP contribution in [0.4, 0.5) is 16.2 Å². The number of nitrogens with zero attached hydrogens (tertiary/aromatic N) is 2. The van der Waals surface area contributed by atoms with Crippen LogP contribution in [0.1, 0.15) is 23.6 Å². The highest BCUT2D eigenvalue weighted by Gasteiger charge is 2.42. The van der Waals surface area contributed by atoms with Crippen LogP contribution in [0.3, 0.4) is 0 Å². The molecule has 2 amide bonds. The van der Waals surface area contributed by atoms with Crippen LogP contribution in [-0.4, -0.2) is 14.4 Å². The molecule has 5 nitrogen and oxygen atoms in total. The first-order valence-electron chi connectivity index (χ1n) is 9.52. The minimum atomic E-state index is -4.00. The van der Waals surface area contributed by atoms with Gasteiger partial charge in [0.2, 0.25) is 0 Å². The summed E-state index contributed by atoms with van der Waals surface area (Å²) in [5.41, 5.74) is 3.75. The molecule has 1 aliphatic heterocycles. The second-order valence-electron chi connectivity index (χ2n) is 7.12. The summed E-state index contributed by atoms with van der Waals surface area (Å²) in [7, 11) is -4.00. The van der Waals surface area contributed by atoms with Crippen LogP contribution in [0, 0.1) is 6.92 Å². The smallest absolute Gasteiger partial charge is 0.287 e. The van der Waals surface area contributed by atoms with E-state index in [4.69, 9.17) is 0 Å². The molecular weight excluding hydrogens is 384 g/mol. The van der Waals surface area contributed by atoms with Gasteiger partial charge in [0, 0.05) is 0 Å². The van der Waals surface area contributed by atoms with Gasteiger partial charge in [-0.05, 0) is 48.7 Å². The van der Waals surface area contributed by atoms with E-state index in [1.807, 2.05) is 44.2 Å². The zero-order chi connectivity index (χ0) is 20.6. The lowest BCUT2D eigenvalue weighted by Crippen LogP contribution is -2.50. The number of carbonyl (C=O) groups is 1. The fourth-order valence-corrected chi connectivity index (χ4v) is 5.19. The molecule has 0 spiro atoms. The Hall–Kier alpha value is -3.12. The van der Waals surface area contributed by atoms with Crippen LogP contribution >= 0.6 is 0 Å². The molecule has 0 fully saturated rings. The molecule has 0 unspecified atom stereocenters. The van der Waals surface area contributed by atoms with Crippen molar-refractivity contribution in [2.24, 2.45) is 0 Å². The number of benzene rings is 3. The SMILES string of the molecule is CCc1cccc(N2C(=O)N(Cc3cccc(C)c3)c3ccccc3S2(=O)=O)c1. The number of rotatable bonds is 4.